The summed E-state index contributed by atoms with van der Waals surface area (Å²) in [5, 5.41) is 16.9. The number of carboxylic acids is 1. The third kappa shape index (κ3) is 104. The van der Waals surface area contributed by atoms with E-state index in [-0.39, 0.29) is 37.6 Å². The number of hydrogen-bond donors (Lipinski definition) is 5. The molecule has 0 saturated carbocycles. The SMILES string of the molecule is COC(=O)[C@@H](N)Cc1ccccc1.COC(=O)[C@H](Cc1ccccc1)NC(=O)[C@H](Cc1ccc(C)cc1)NC(=O)OC(C)(C)C.Cc1ccc(C[C@H](NC(=O)OC(C)(C)C)C(=O)O)cc1.Cl.S=S=S=S=S=S=S=S=S=S=S=S=S=S=S=S=S=S=S=S=S=S=S=S=S=S=S=S=S=S=S=S=S=S=S=S=S=S=S=S=S=S=S=S=S=S=S=S=S=S=S=S=S=S=S=S=S=S=S=S=S=S=S=S=S=S=S=S=S=S=S=S=S. The Bertz CT molecular complexity index is 8250. The lowest BCUT2D eigenvalue weighted by atomic mass is 10.0. The van der Waals surface area contributed by atoms with E-state index in [9.17, 15) is 28.8 Å². The Kier molecular flexibility index (Phi) is 118. The number of methoxy groups -OCH3 is 2. The Morgan fingerprint density at radius 1 is 0.281 bits per heavy atom. The number of ether oxygens (including phenoxy) is 4. The topological polar surface area (TPSA) is 222 Å². The number of carbonyl (C=O) groups is 6. The van der Waals surface area contributed by atoms with Gasteiger partial charge in [0.1, 0.15) is 35.4 Å². The van der Waals surface area contributed by atoms with Gasteiger partial charge in [0.25, 0.3) is 0 Å². The van der Waals surface area contributed by atoms with E-state index in [4.69, 9.17) is 47.4 Å². The summed E-state index contributed by atoms with van der Waals surface area (Å²) in [6.45, 7) is 14.3. The Labute approximate surface area is 1030 Å². The van der Waals surface area contributed by atoms with Gasteiger partial charge in [0.2, 0.25) is 5.91 Å². The maximum atomic E-state index is 13.1. The van der Waals surface area contributed by atoms with Crippen molar-refractivity contribution in [2.45, 2.75) is 116 Å². The molecule has 0 saturated heterocycles. The molecule has 15 nitrogen and oxygen atoms in total. The monoisotopic (exact) mass is 3270 g/mol. The van der Waals surface area contributed by atoms with Crippen molar-refractivity contribution in [3.05, 3.63) is 143 Å². The quantitative estimate of drug-likeness (QED) is 0.0609. The molecule has 0 heterocycles. The highest BCUT2D eigenvalue weighted by Crippen LogP contribution is 2.13. The maximum Gasteiger partial charge on any atom is 0.408 e. The van der Waals surface area contributed by atoms with Gasteiger partial charge < -0.3 is 45.7 Å². The van der Waals surface area contributed by atoms with Crippen molar-refractivity contribution in [2.24, 2.45) is 5.73 Å². The molecule has 4 atom stereocenters. The molecule has 4 aromatic carbocycles. The lowest BCUT2D eigenvalue weighted by Gasteiger charge is -2.25. The number of nitrogens with two attached hydrogens (primary N) is 1. The van der Waals surface area contributed by atoms with Gasteiger partial charge in [-0.15, -0.1) is 12.4 Å². The van der Waals surface area contributed by atoms with Gasteiger partial charge in [0.15, 0.2) is 0 Å². The van der Waals surface area contributed by atoms with Crippen LogP contribution in [0.15, 0.2) is 109 Å². The minimum Gasteiger partial charge on any atom is -0.480 e. The van der Waals surface area contributed by atoms with E-state index in [1.807, 2.05) is 629 Å². The Morgan fingerprint density at radius 3 is 0.669 bits per heavy atom. The fourth-order valence-electron chi connectivity index (χ4n) is 6.57. The molecule has 798 valence electrons. The maximum absolute atomic E-state index is 13.1. The van der Waals surface area contributed by atoms with Crippen molar-refractivity contribution >= 4 is 701 Å². The van der Waals surface area contributed by atoms with Crippen LogP contribution in [-0.2, 0) is 717 Å². The van der Waals surface area contributed by atoms with E-state index in [0.717, 1.165) is 33.4 Å². The normalized spacial score (nSPS) is 10.0. The molecule has 0 aromatic heterocycles. The number of aryl methyl sites for hydroxylation is 2. The molecule has 0 unspecified atom stereocenters. The zero-order valence-corrected chi connectivity index (χ0v) is 130. The van der Waals surface area contributed by atoms with Gasteiger partial charge >= 0.3 is 30.1 Å². The summed E-state index contributed by atoms with van der Waals surface area (Å²) in [6, 6.07) is 30.7. The molecule has 89 heteroatoms. The minimum atomic E-state index is -1.09. The number of aliphatic carboxylic acids is 1. The zero-order valence-electron chi connectivity index (χ0n) is 69.3. The number of halogens is 1. The molecular weight excluding hydrogens is 3210 g/mol. The van der Waals surface area contributed by atoms with Crippen LogP contribution in [0, 0.1) is 13.8 Å². The van der Waals surface area contributed by atoms with Crippen LogP contribution in [0.5, 0.6) is 0 Å². The number of esters is 2. The van der Waals surface area contributed by atoms with Gasteiger partial charge in [-0.3, -0.25) is 9.59 Å². The summed E-state index contributed by atoms with van der Waals surface area (Å²) < 4.78 is 19.8. The largest absolute Gasteiger partial charge is 0.480 e. The fourth-order valence-corrected chi connectivity index (χ4v) is 196. The molecule has 0 radical (unpaired) electrons. The predicted octanol–water partition coefficient (Wildman–Crippen LogP) is 6.82. The third-order valence-electron chi connectivity index (χ3n) is 10.9. The van der Waals surface area contributed by atoms with E-state index >= 15 is 0 Å². The Morgan fingerprint density at radius 2 is 0.468 bits per heavy atom. The fraction of sp³-hybridized carbons (Fsp3) is 0.400. The molecule has 4 aromatic rings. The first-order valence-electron chi connectivity index (χ1n) is 33.1. The molecule has 0 bridgehead atoms. The number of carbonyl (C=O) groups excluding carboxylic acids is 5. The number of carboxylic acid groups (broad SMARTS) is 1. The standard InChI is InChI=1S/C25H32N2O5.C15H21NO4.C10H13NO2.ClH.S73/c1-17-11-13-19(14-12-17)15-20(27-24(30)32-25(2,3)4)22(28)26-21(23(29)31-5)16-18-9-7-6-8-10-18;1-10-5-7-11(8-6-10)9-12(13(17)18)16-14(19)20-15(2,3)4;1-13-10(12)9(11)7-8-5-3-2-4-6-8;;1-3-5-7-9-11-13-15-17-19-21-23-25-27-29-31-33-35-37-39-41-43-45-47-49-51-53-55-57-59-61-63-65-67-69-71-73-72-70-68-66-64-62-60-58-56-54-52-50-48-46-44-42-40-38-36-34-32-30-28-26-24-22-20-18-16-14-12-10-8-6-4-2/h6-14,20-21H,15-16H2,1-5H3,(H,26,28)(H,27,30);5-8,12H,9H2,1-4H3,(H,16,19)(H,17,18);2-6,9H,7,11H2,1H3;1H;/t20-,21-;12-;9-;;/m000../s1. The smallest absolute Gasteiger partial charge is 0.408 e. The van der Waals surface area contributed by atoms with Crippen molar-refractivity contribution < 1.29 is 52.8 Å². The van der Waals surface area contributed by atoms with Gasteiger partial charge in [0.05, 0.1) is 14.2 Å². The zero-order chi connectivity index (χ0) is 101. The first kappa shape index (κ1) is 149. The van der Waals surface area contributed by atoms with Crippen molar-refractivity contribution in [1.29, 1.82) is 0 Å². The van der Waals surface area contributed by atoms with E-state index in [0.29, 0.717) is 6.42 Å². The highest BCUT2D eigenvalue weighted by atomic mass is 35.5. The van der Waals surface area contributed by atoms with Crippen molar-refractivity contribution in [3.63, 3.8) is 0 Å². The molecule has 0 aliphatic carbocycles. The van der Waals surface area contributed by atoms with Crippen LogP contribution >= 0.6 is 12.4 Å². The Balaban J connectivity index is 0.00000231. The van der Waals surface area contributed by atoms with Crippen LogP contribution in [0.2, 0.25) is 0 Å². The Hall–Kier alpha value is 9.61. The molecule has 3 amide bonds. The van der Waals surface area contributed by atoms with Gasteiger partial charge in [-0.1, -0.05) is 120 Å². The number of rotatable bonds is 15. The van der Waals surface area contributed by atoms with E-state index in [1.54, 1.807) is 148 Å². The van der Waals surface area contributed by atoms with Crippen LogP contribution in [-0.4, -0.2) is 90.7 Å². The van der Waals surface area contributed by atoms with Crippen LogP contribution < -0.4 is 21.7 Å². The first-order valence-corrected chi connectivity index (χ1v) is 129. The average Bonchev–Trinajstić information content (AvgIpc) is 0.850. The number of nitrogens with one attached hydrogen (secondary N) is 3. The van der Waals surface area contributed by atoms with Crippen molar-refractivity contribution in [1.82, 2.24) is 16.0 Å². The van der Waals surface area contributed by atoms with Crippen LogP contribution in [0.1, 0.15) is 74.9 Å². The second kappa shape index (κ2) is 110. The lowest BCUT2D eigenvalue weighted by molar-refractivity contribution is -0.145. The molecule has 6 N–H and O–H groups in total. The molecule has 139 heavy (non-hydrogen) atoms. The molecule has 0 fully saturated rings. The van der Waals surface area contributed by atoms with Gasteiger partial charge in [-0.25, -0.2) is 19.2 Å². The summed E-state index contributed by atoms with van der Waals surface area (Å²) in [6.07, 6.45) is -0.185. The van der Waals surface area contributed by atoms with Crippen molar-refractivity contribution in [3.8, 4) is 0 Å². The number of alkyl carbamates (subject to hydrolysis) is 2. The summed E-state index contributed by atoms with van der Waals surface area (Å²) in [4.78, 5) is 71.7. The first-order chi connectivity index (χ1) is 66.9. The molecular formula is C50H67ClN4O11S73. The number of benzene rings is 4. The molecule has 0 aliphatic rings. The predicted molar refractivity (Wildman–Crippen MR) is 793 cm³/mol. The second-order valence-corrected chi connectivity index (χ2v) is 148. The highest BCUT2D eigenvalue weighted by Gasteiger charge is 2.30. The van der Waals surface area contributed by atoms with Crippen molar-refractivity contribution in [2.75, 3.05) is 14.2 Å². The van der Waals surface area contributed by atoms with Gasteiger partial charge in [-0.2, -0.15) is 0 Å². The molecule has 0 aliphatic heterocycles. The molecule has 0 spiro atoms. The second-order valence-electron chi connectivity index (χ2n) is 22.0. The highest BCUT2D eigenvalue weighted by molar-refractivity contribution is 8.84. The number of hydrogen-bond acceptors (Lipinski definition) is 13. The summed E-state index contributed by atoms with van der Waals surface area (Å²) in [5.41, 5.74) is 10.0. The molecule has 4 rings (SSSR count). The van der Waals surface area contributed by atoms with Crippen LogP contribution in [0.25, 0.3) is 0 Å². The van der Waals surface area contributed by atoms with E-state index in [1.165, 1.54) is 32.0 Å². The third-order valence-corrected chi connectivity index (χ3v) is 167. The summed E-state index contributed by atoms with van der Waals surface area (Å²) in [5.74, 6) is -2.52. The lowest BCUT2D eigenvalue weighted by Crippen LogP contribution is -2.53. The van der Waals surface area contributed by atoms with E-state index < -0.39 is 65.4 Å². The summed E-state index contributed by atoms with van der Waals surface area (Å²) >= 11 is 9.65. The number of amides is 3. The van der Waals surface area contributed by atoms with E-state index in [2.05, 4.69) is 20.7 Å². The summed E-state index contributed by atoms with van der Waals surface area (Å²) in [7, 11) is 130. The average molecular weight is 3280 g/mol. The van der Waals surface area contributed by atoms with Crippen LogP contribution in [0.4, 0.5) is 9.59 Å². The van der Waals surface area contributed by atoms with Crippen LogP contribution in [0.3, 0.4) is 0 Å². The van der Waals surface area contributed by atoms with Gasteiger partial charge in [0, 0.05) is 672 Å². The van der Waals surface area contributed by atoms with Gasteiger partial charge in [-0.05, 0) is 84.1 Å². The minimum absolute atomic E-state index is 0.